The number of nitrogens with zero attached hydrogens (tertiary/aromatic N) is 3. The molecule has 0 aromatic heterocycles. The summed E-state index contributed by atoms with van der Waals surface area (Å²) in [6.45, 7) is 12.3. The van der Waals surface area contributed by atoms with Crippen molar-refractivity contribution in [3.63, 3.8) is 0 Å². The molecular formula is C17H36IN5O. The number of hydrogen-bond donors (Lipinski definition) is 2. The summed E-state index contributed by atoms with van der Waals surface area (Å²) in [7, 11) is 1.80. The number of carbonyl (C=O) groups is 1. The Morgan fingerprint density at radius 3 is 2.54 bits per heavy atom. The van der Waals surface area contributed by atoms with E-state index in [4.69, 9.17) is 0 Å². The summed E-state index contributed by atoms with van der Waals surface area (Å²) in [5, 5.41) is 6.81. The van der Waals surface area contributed by atoms with Crippen LogP contribution >= 0.6 is 24.0 Å². The Kier molecular flexibility index (Phi) is 13.4. The third-order valence-electron chi connectivity index (χ3n) is 4.50. The average molecular weight is 453 g/mol. The molecule has 0 bridgehead atoms. The van der Waals surface area contributed by atoms with Gasteiger partial charge in [0.25, 0.3) is 0 Å². The highest BCUT2D eigenvalue weighted by molar-refractivity contribution is 14.0. The summed E-state index contributed by atoms with van der Waals surface area (Å²) < 4.78 is 0. The topological polar surface area (TPSA) is 60.0 Å². The molecule has 0 aromatic carbocycles. The van der Waals surface area contributed by atoms with Gasteiger partial charge in [0.05, 0.1) is 0 Å². The van der Waals surface area contributed by atoms with Crippen molar-refractivity contribution < 1.29 is 4.79 Å². The highest BCUT2D eigenvalue weighted by atomic mass is 127. The maximum atomic E-state index is 11.7. The van der Waals surface area contributed by atoms with E-state index in [1.54, 1.807) is 7.05 Å². The SMILES string of the molecule is CCC(=O)N1CCC(NC(=NC)NCCCCN(CC)CC)C1.I. The van der Waals surface area contributed by atoms with Gasteiger partial charge in [0.15, 0.2) is 5.96 Å². The van der Waals surface area contributed by atoms with E-state index < -0.39 is 0 Å². The lowest BCUT2D eigenvalue weighted by Crippen LogP contribution is -2.45. The Labute approximate surface area is 164 Å². The number of hydrogen-bond acceptors (Lipinski definition) is 3. The molecule has 0 aromatic rings. The van der Waals surface area contributed by atoms with Crippen LogP contribution < -0.4 is 10.6 Å². The van der Waals surface area contributed by atoms with Crippen LogP contribution in [0.2, 0.25) is 0 Å². The van der Waals surface area contributed by atoms with Crippen LogP contribution in [0.1, 0.15) is 46.5 Å². The van der Waals surface area contributed by atoms with Gasteiger partial charge < -0.3 is 20.4 Å². The molecule has 0 aliphatic carbocycles. The number of amides is 1. The van der Waals surface area contributed by atoms with E-state index in [-0.39, 0.29) is 29.9 Å². The summed E-state index contributed by atoms with van der Waals surface area (Å²) in [5.41, 5.74) is 0. The molecule has 1 amide bonds. The molecule has 24 heavy (non-hydrogen) atoms. The van der Waals surface area contributed by atoms with Crippen LogP contribution in [0.5, 0.6) is 0 Å². The van der Waals surface area contributed by atoms with E-state index in [9.17, 15) is 4.79 Å². The van der Waals surface area contributed by atoms with Crippen LogP contribution in [0.25, 0.3) is 0 Å². The lowest BCUT2D eigenvalue weighted by molar-refractivity contribution is -0.129. The first kappa shape index (κ1) is 23.4. The molecule has 0 radical (unpaired) electrons. The smallest absolute Gasteiger partial charge is 0.222 e. The van der Waals surface area contributed by atoms with Crippen molar-refractivity contribution in [2.24, 2.45) is 4.99 Å². The van der Waals surface area contributed by atoms with E-state index in [1.807, 2.05) is 11.8 Å². The Hall–Kier alpha value is -0.570. The van der Waals surface area contributed by atoms with E-state index >= 15 is 0 Å². The largest absolute Gasteiger partial charge is 0.356 e. The zero-order valence-electron chi connectivity index (χ0n) is 15.8. The van der Waals surface area contributed by atoms with Crippen molar-refractivity contribution in [2.75, 3.05) is 46.3 Å². The molecule has 142 valence electrons. The minimum Gasteiger partial charge on any atom is -0.356 e. The fourth-order valence-corrected chi connectivity index (χ4v) is 2.92. The van der Waals surface area contributed by atoms with Gasteiger partial charge in [0.1, 0.15) is 0 Å². The number of rotatable bonds is 9. The Balaban J connectivity index is 0.00000529. The predicted octanol–water partition coefficient (Wildman–Crippen LogP) is 1.90. The van der Waals surface area contributed by atoms with Crippen LogP contribution in [0.15, 0.2) is 4.99 Å². The van der Waals surface area contributed by atoms with Crippen LogP contribution in [0.4, 0.5) is 0 Å². The number of likely N-dealkylation sites (tertiary alicyclic amines) is 1. The molecule has 6 nitrogen and oxygen atoms in total. The average Bonchev–Trinajstić information content (AvgIpc) is 3.04. The van der Waals surface area contributed by atoms with Gasteiger partial charge in [-0.2, -0.15) is 0 Å². The third kappa shape index (κ3) is 8.50. The molecule has 1 rings (SSSR count). The van der Waals surface area contributed by atoms with Crippen LogP contribution in [0.3, 0.4) is 0 Å². The van der Waals surface area contributed by atoms with E-state index in [2.05, 4.69) is 34.4 Å². The van der Waals surface area contributed by atoms with Crippen molar-refractivity contribution >= 4 is 35.8 Å². The number of halogens is 1. The molecule has 1 aliphatic heterocycles. The normalized spacial score (nSPS) is 17.8. The Bertz CT molecular complexity index is 374. The van der Waals surface area contributed by atoms with Gasteiger partial charge in [-0.3, -0.25) is 9.79 Å². The first-order valence-corrected chi connectivity index (χ1v) is 9.11. The maximum absolute atomic E-state index is 11.7. The van der Waals surface area contributed by atoms with Crippen molar-refractivity contribution in [1.82, 2.24) is 20.4 Å². The van der Waals surface area contributed by atoms with Crippen molar-refractivity contribution in [3.05, 3.63) is 0 Å². The molecule has 2 N–H and O–H groups in total. The minimum absolute atomic E-state index is 0. The molecular weight excluding hydrogens is 417 g/mol. The lowest BCUT2D eigenvalue weighted by atomic mass is 10.2. The number of unbranched alkanes of at least 4 members (excludes halogenated alkanes) is 1. The minimum atomic E-state index is 0. The standard InChI is InChI=1S/C17H35N5O.HI/c1-5-16(23)22-13-10-15(14-22)20-17(18-4)19-11-8-9-12-21(6-2)7-3;/h15H,5-14H2,1-4H3,(H2,18,19,20);1H. The zero-order valence-corrected chi connectivity index (χ0v) is 18.1. The fraction of sp³-hybridized carbons (Fsp3) is 0.882. The fourth-order valence-electron chi connectivity index (χ4n) is 2.92. The van der Waals surface area contributed by atoms with Gasteiger partial charge >= 0.3 is 0 Å². The van der Waals surface area contributed by atoms with Gasteiger partial charge in [-0.05, 0) is 38.9 Å². The summed E-state index contributed by atoms with van der Waals surface area (Å²) in [6.07, 6.45) is 3.93. The molecule has 7 heteroatoms. The lowest BCUT2D eigenvalue weighted by Gasteiger charge is -2.19. The van der Waals surface area contributed by atoms with Gasteiger partial charge in [-0.25, -0.2) is 0 Å². The van der Waals surface area contributed by atoms with Crippen LogP contribution in [-0.4, -0.2) is 74.0 Å². The molecule has 1 aliphatic rings. The van der Waals surface area contributed by atoms with E-state index in [0.29, 0.717) is 12.5 Å². The number of carbonyl (C=O) groups excluding carboxylic acids is 1. The van der Waals surface area contributed by atoms with E-state index in [0.717, 1.165) is 58.1 Å². The van der Waals surface area contributed by atoms with Gasteiger partial charge in [-0.1, -0.05) is 20.8 Å². The van der Waals surface area contributed by atoms with E-state index in [1.165, 1.54) is 6.42 Å². The summed E-state index contributed by atoms with van der Waals surface area (Å²) in [5.74, 6) is 1.09. The molecule has 1 heterocycles. The van der Waals surface area contributed by atoms with Crippen molar-refractivity contribution in [2.45, 2.75) is 52.5 Å². The Morgan fingerprint density at radius 2 is 1.96 bits per heavy atom. The highest BCUT2D eigenvalue weighted by Gasteiger charge is 2.25. The highest BCUT2D eigenvalue weighted by Crippen LogP contribution is 2.10. The van der Waals surface area contributed by atoms with Crippen LogP contribution in [-0.2, 0) is 4.79 Å². The van der Waals surface area contributed by atoms with Crippen LogP contribution in [0, 0.1) is 0 Å². The number of nitrogens with one attached hydrogen (secondary N) is 2. The molecule has 1 atom stereocenters. The van der Waals surface area contributed by atoms with Crippen molar-refractivity contribution in [1.29, 1.82) is 0 Å². The molecule has 0 saturated carbocycles. The molecule has 1 fully saturated rings. The number of guanidine groups is 1. The maximum Gasteiger partial charge on any atom is 0.222 e. The van der Waals surface area contributed by atoms with Gasteiger partial charge in [0, 0.05) is 39.1 Å². The summed E-state index contributed by atoms with van der Waals surface area (Å²) in [6, 6.07) is 0.312. The number of aliphatic imine (C=N–C) groups is 1. The van der Waals surface area contributed by atoms with Gasteiger partial charge in [-0.15, -0.1) is 24.0 Å². The monoisotopic (exact) mass is 453 g/mol. The Morgan fingerprint density at radius 1 is 1.25 bits per heavy atom. The predicted molar refractivity (Wildman–Crippen MR) is 112 cm³/mol. The van der Waals surface area contributed by atoms with Crippen molar-refractivity contribution in [3.8, 4) is 0 Å². The second-order valence-corrected chi connectivity index (χ2v) is 6.06. The first-order valence-electron chi connectivity index (χ1n) is 9.11. The molecule has 1 unspecified atom stereocenters. The second kappa shape index (κ2) is 13.7. The zero-order chi connectivity index (χ0) is 17.1. The van der Waals surface area contributed by atoms with Gasteiger partial charge in [0.2, 0.25) is 5.91 Å². The first-order chi connectivity index (χ1) is 11.1. The molecule has 0 spiro atoms. The molecule has 1 saturated heterocycles. The second-order valence-electron chi connectivity index (χ2n) is 6.06. The summed E-state index contributed by atoms with van der Waals surface area (Å²) >= 11 is 0. The quantitative estimate of drug-likeness (QED) is 0.242. The summed E-state index contributed by atoms with van der Waals surface area (Å²) in [4.78, 5) is 20.4. The third-order valence-corrected chi connectivity index (χ3v) is 4.50.